The number of benzene rings is 2. The van der Waals surface area contributed by atoms with Crippen LogP contribution in [0.5, 0.6) is 11.8 Å². The first-order valence-corrected chi connectivity index (χ1v) is 11.6. The van der Waals surface area contributed by atoms with Crippen molar-refractivity contribution < 1.29 is 14.3 Å². The number of nitrogens with one attached hydrogen (secondary N) is 1. The number of fused-ring (bicyclic) bond motifs is 3. The molecule has 2 aliphatic heterocycles. The summed E-state index contributed by atoms with van der Waals surface area (Å²) in [5, 5.41) is 8.09. The van der Waals surface area contributed by atoms with E-state index >= 15 is 0 Å². The van der Waals surface area contributed by atoms with Gasteiger partial charge in [0.1, 0.15) is 5.75 Å². The molecule has 6 rings (SSSR count). The van der Waals surface area contributed by atoms with E-state index in [1.165, 1.54) is 4.90 Å². The van der Waals surface area contributed by atoms with Crippen molar-refractivity contribution in [3.8, 4) is 23.1 Å². The summed E-state index contributed by atoms with van der Waals surface area (Å²) in [5.74, 6) is 1.56. The molecule has 0 aliphatic carbocycles. The van der Waals surface area contributed by atoms with E-state index in [1.807, 2.05) is 18.2 Å². The number of anilines is 1. The standard InChI is InChI=1S/C25H25N7O3/c1-31(2)23(33)15-6-10-18(11-7-15)35-25-28-22(19-4-3-5-21-20(19)12-26-30-21)27-24(29-25)32-16-8-9-17(32)14-34-13-16/h3-7,10-12,16-17H,8-9,13-14H2,1-2H3,(H,26,30). The predicted molar refractivity (Wildman–Crippen MR) is 130 cm³/mol. The molecule has 1 N–H and O–H groups in total. The highest BCUT2D eigenvalue weighted by Gasteiger charge is 2.39. The van der Waals surface area contributed by atoms with E-state index in [2.05, 4.69) is 20.1 Å². The number of rotatable bonds is 5. The minimum Gasteiger partial charge on any atom is -0.424 e. The van der Waals surface area contributed by atoms with Gasteiger partial charge in [0.05, 0.1) is 37.0 Å². The molecule has 2 saturated heterocycles. The van der Waals surface area contributed by atoms with Gasteiger partial charge in [-0.1, -0.05) is 12.1 Å². The molecule has 2 unspecified atom stereocenters. The molecule has 35 heavy (non-hydrogen) atoms. The van der Waals surface area contributed by atoms with Crippen molar-refractivity contribution in [3.05, 3.63) is 54.2 Å². The van der Waals surface area contributed by atoms with Crippen LogP contribution in [0.1, 0.15) is 23.2 Å². The lowest BCUT2D eigenvalue weighted by Crippen LogP contribution is -2.46. The number of H-pyrrole nitrogens is 1. The van der Waals surface area contributed by atoms with Gasteiger partial charge in [-0.05, 0) is 43.2 Å². The van der Waals surface area contributed by atoms with Crippen LogP contribution in [0.2, 0.25) is 0 Å². The maximum absolute atomic E-state index is 12.2. The van der Waals surface area contributed by atoms with Crippen molar-refractivity contribution in [2.45, 2.75) is 24.9 Å². The fourth-order valence-electron chi connectivity index (χ4n) is 4.77. The number of nitrogens with zero attached hydrogens (tertiary/aromatic N) is 6. The van der Waals surface area contributed by atoms with Crippen molar-refractivity contribution in [1.82, 2.24) is 30.0 Å². The Balaban J connectivity index is 1.40. The third kappa shape index (κ3) is 3.95. The van der Waals surface area contributed by atoms with Crippen LogP contribution < -0.4 is 9.64 Å². The molecule has 1 amide bonds. The van der Waals surface area contributed by atoms with Crippen LogP contribution in [0.25, 0.3) is 22.3 Å². The fraction of sp³-hybridized carbons (Fsp3) is 0.320. The topological polar surface area (TPSA) is 109 Å². The Morgan fingerprint density at radius 1 is 1.06 bits per heavy atom. The Labute approximate surface area is 201 Å². The summed E-state index contributed by atoms with van der Waals surface area (Å²) in [6.07, 6.45) is 3.86. The highest BCUT2D eigenvalue weighted by atomic mass is 16.5. The maximum atomic E-state index is 12.2. The number of ether oxygens (including phenoxy) is 2. The van der Waals surface area contributed by atoms with Crippen molar-refractivity contribution in [1.29, 1.82) is 0 Å². The van der Waals surface area contributed by atoms with Gasteiger partial charge >= 0.3 is 6.01 Å². The molecule has 2 aromatic heterocycles. The molecule has 4 heterocycles. The van der Waals surface area contributed by atoms with Crippen LogP contribution in [-0.4, -0.2) is 75.3 Å². The summed E-state index contributed by atoms with van der Waals surface area (Å²) in [5.41, 5.74) is 2.33. The maximum Gasteiger partial charge on any atom is 0.327 e. The van der Waals surface area contributed by atoms with Gasteiger partial charge in [0.2, 0.25) is 5.95 Å². The van der Waals surface area contributed by atoms with E-state index in [0.29, 0.717) is 36.3 Å². The zero-order valence-electron chi connectivity index (χ0n) is 19.5. The summed E-state index contributed by atoms with van der Waals surface area (Å²) < 4.78 is 11.8. The van der Waals surface area contributed by atoms with Gasteiger partial charge in [0.15, 0.2) is 5.82 Å². The van der Waals surface area contributed by atoms with E-state index in [9.17, 15) is 4.79 Å². The summed E-state index contributed by atoms with van der Waals surface area (Å²) in [7, 11) is 3.44. The van der Waals surface area contributed by atoms with Crippen LogP contribution in [0.15, 0.2) is 48.7 Å². The lowest BCUT2D eigenvalue weighted by atomic mass is 10.1. The molecule has 2 aromatic carbocycles. The van der Waals surface area contributed by atoms with Crippen LogP contribution in [-0.2, 0) is 4.74 Å². The molecule has 2 bridgehead atoms. The van der Waals surface area contributed by atoms with Crippen LogP contribution in [0, 0.1) is 0 Å². The van der Waals surface area contributed by atoms with Gasteiger partial charge < -0.3 is 19.3 Å². The van der Waals surface area contributed by atoms with E-state index in [0.717, 1.165) is 29.3 Å². The summed E-state index contributed by atoms with van der Waals surface area (Å²) in [4.78, 5) is 30.2. The number of carbonyl (C=O) groups excluding carboxylic acids is 1. The number of hydrogen-bond acceptors (Lipinski definition) is 8. The summed E-state index contributed by atoms with van der Waals surface area (Å²) >= 11 is 0. The Kier molecular flexibility index (Phi) is 5.29. The Morgan fingerprint density at radius 2 is 1.83 bits per heavy atom. The highest BCUT2D eigenvalue weighted by molar-refractivity contribution is 5.94. The normalized spacial score (nSPS) is 19.2. The largest absolute Gasteiger partial charge is 0.424 e. The van der Waals surface area contributed by atoms with Crippen molar-refractivity contribution >= 4 is 22.8 Å². The Hall–Kier alpha value is -4.05. The SMILES string of the molecule is CN(C)C(=O)c1ccc(Oc2nc(-c3cccc4[nH]ncc34)nc(N3C4CCC3COC4)n2)cc1. The van der Waals surface area contributed by atoms with Crippen LogP contribution in [0.3, 0.4) is 0 Å². The van der Waals surface area contributed by atoms with E-state index in [1.54, 1.807) is 44.6 Å². The van der Waals surface area contributed by atoms with Gasteiger partial charge in [-0.2, -0.15) is 20.1 Å². The Bertz CT molecular complexity index is 1370. The number of aromatic nitrogens is 5. The van der Waals surface area contributed by atoms with Crippen molar-refractivity contribution in [2.75, 3.05) is 32.2 Å². The van der Waals surface area contributed by atoms with Gasteiger partial charge in [-0.3, -0.25) is 9.89 Å². The van der Waals surface area contributed by atoms with Crippen LogP contribution in [0.4, 0.5) is 5.95 Å². The third-order valence-corrected chi connectivity index (χ3v) is 6.52. The number of amides is 1. The average molecular weight is 472 g/mol. The molecular formula is C25H25N7O3. The molecule has 0 spiro atoms. The minimum atomic E-state index is -0.0720. The quantitative estimate of drug-likeness (QED) is 0.472. The predicted octanol–water partition coefficient (Wildman–Crippen LogP) is 3.28. The van der Waals surface area contributed by atoms with Gasteiger partial charge in [0.25, 0.3) is 5.91 Å². The molecule has 2 aliphatic rings. The lowest BCUT2D eigenvalue weighted by molar-refractivity contribution is 0.0827. The van der Waals surface area contributed by atoms with Gasteiger partial charge in [-0.25, -0.2) is 0 Å². The van der Waals surface area contributed by atoms with E-state index in [-0.39, 0.29) is 24.0 Å². The first-order valence-electron chi connectivity index (χ1n) is 11.6. The molecule has 0 saturated carbocycles. The average Bonchev–Trinajstić information content (AvgIpc) is 3.45. The van der Waals surface area contributed by atoms with Gasteiger partial charge in [-0.15, -0.1) is 0 Å². The van der Waals surface area contributed by atoms with E-state index in [4.69, 9.17) is 19.4 Å². The summed E-state index contributed by atoms with van der Waals surface area (Å²) in [6.45, 7) is 1.32. The third-order valence-electron chi connectivity index (χ3n) is 6.52. The second-order valence-corrected chi connectivity index (χ2v) is 9.03. The number of carbonyl (C=O) groups is 1. The Morgan fingerprint density at radius 3 is 2.57 bits per heavy atom. The molecular weight excluding hydrogens is 446 g/mol. The first-order chi connectivity index (χ1) is 17.1. The molecule has 10 heteroatoms. The number of aromatic amines is 1. The summed E-state index contributed by atoms with van der Waals surface area (Å²) in [6, 6.07) is 13.5. The monoisotopic (exact) mass is 471 g/mol. The van der Waals surface area contributed by atoms with E-state index < -0.39 is 0 Å². The molecule has 0 radical (unpaired) electrons. The minimum absolute atomic E-state index is 0.0720. The van der Waals surface area contributed by atoms with Gasteiger partial charge in [0, 0.05) is 30.6 Å². The number of hydrogen-bond donors (Lipinski definition) is 1. The van der Waals surface area contributed by atoms with Crippen molar-refractivity contribution in [3.63, 3.8) is 0 Å². The second kappa shape index (κ2) is 8.62. The highest BCUT2D eigenvalue weighted by Crippen LogP contribution is 2.35. The zero-order valence-corrected chi connectivity index (χ0v) is 19.5. The first kappa shape index (κ1) is 21.5. The van der Waals surface area contributed by atoms with Crippen molar-refractivity contribution in [2.24, 2.45) is 0 Å². The second-order valence-electron chi connectivity index (χ2n) is 9.03. The smallest absolute Gasteiger partial charge is 0.327 e. The number of morpholine rings is 1. The van der Waals surface area contributed by atoms with Crippen LogP contribution >= 0.6 is 0 Å². The zero-order chi connectivity index (χ0) is 23.9. The molecule has 10 nitrogen and oxygen atoms in total. The molecule has 2 fully saturated rings. The molecule has 178 valence electrons. The lowest BCUT2D eigenvalue weighted by Gasteiger charge is -2.34. The molecule has 2 atom stereocenters. The fourth-order valence-corrected chi connectivity index (χ4v) is 4.77. The molecule has 4 aromatic rings.